The molecule has 3 nitrogen and oxygen atoms in total. The SMILES string of the molecule is OC(CNCCCC(F)(F)F)COCc1ccccc1. The fourth-order valence-corrected chi connectivity index (χ4v) is 1.63. The van der Waals surface area contributed by atoms with Crippen LogP contribution in [0, 0.1) is 0 Å². The highest BCUT2D eigenvalue weighted by atomic mass is 19.4. The molecule has 1 unspecified atom stereocenters. The van der Waals surface area contributed by atoms with Crippen molar-refractivity contribution in [3.05, 3.63) is 35.9 Å². The Labute approximate surface area is 116 Å². The van der Waals surface area contributed by atoms with Crippen molar-refractivity contribution < 1.29 is 23.0 Å². The lowest BCUT2D eigenvalue weighted by Crippen LogP contribution is -2.31. The molecule has 0 saturated carbocycles. The van der Waals surface area contributed by atoms with Gasteiger partial charge in [-0.1, -0.05) is 30.3 Å². The molecule has 0 fully saturated rings. The Morgan fingerprint density at radius 3 is 2.55 bits per heavy atom. The Morgan fingerprint density at radius 1 is 1.20 bits per heavy atom. The highest BCUT2D eigenvalue weighted by molar-refractivity contribution is 5.13. The third-order valence-electron chi connectivity index (χ3n) is 2.62. The van der Waals surface area contributed by atoms with Gasteiger partial charge in [0.15, 0.2) is 0 Å². The first-order valence-corrected chi connectivity index (χ1v) is 6.54. The summed E-state index contributed by atoms with van der Waals surface area (Å²) in [4.78, 5) is 0. The highest BCUT2D eigenvalue weighted by Gasteiger charge is 2.25. The van der Waals surface area contributed by atoms with E-state index in [4.69, 9.17) is 4.74 Å². The molecule has 2 N–H and O–H groups in total. The molecule has 1 atom stereocenters. The predicted octanol–water partition coefficient (Wildman–Crippen LogP) is 2.50. The van der Waals surface area contributed by atoms with Gasteiger partial charge in [-0.05, 0) is 18.5 Å². The second-order valence-electron chi connectivity index (χ2n) is 4.58. The first-order chi connectivity index (χ1) is 9.47. The normalized spacial score (nSPS) is 13.4. The molecule has 1 aromatic carbocycles. The number of alkyl halides is 3. The number of nitrogens with one attached hydrogen (secondary N) is 1. The van der Waals surface area contributed by atoms with Crippen LogP contribution in [-0.2, 0) is 11.3 Å². The number of aliphatic hydroxyl groups excluding tert-OH is 1. The second kappa shape index (κ2) is 8.94. The summed E-state index contributed by atoms with van der Waals surface area (Å²) in [5.41, 5.74) is 1.01. The first-order valence-electron chi connectivity index (χ1n) is 6.54. The van der Waals surface area contributed by atoms with E-state index in [0.717, 1.165) is 5.56 Å². The molecule has 1 rings (SSSR count). The highest BCUT2D eigenvalue weighted by Crippen LogP contribution is 2.20. The number of hydrogen-bond donors (Lipinski definition) is 2. The van der Waals surface area contributed by atoms with Gasteiger partial charge in [0.05, 0.1) is 19.3 Å². The molecule has 0 aromatic heterocycles. The van der Waals surface area contributed by atoms with E-state index in [-0.39, 0.29) is 26.1 Å². The number of halogens is 3. The van der Waals surface area contributed by atoms with E-state index in [1.54, 1.807) is 0 Å². The molecule has 6 heteroatoms. The molecule has 114 valence electrons. The minimum Gasteiger partial charge on any atom is -0.389 e. The maximum atomic E-state index is 11.9. The fraction of sp³-hybridized carbons (Fsp3) is 0.571. The minimum absolute atomic E-state index is 0.0150. The minimum atomic E-state index is -4.11. The van der Waals surface area contributed by atoms with E-state index in [2.05, 4.69) is 5.32 Å². The summed E-state index contributed by atoms with van der Waals surface area (Å²) >= 11 is 0. The van der Waals surface area contributed by atoms with Crippen LogP contribution >= 0.6 is 0 Å². The monoisotopic (exact) mass is 291 g/mol. The molecule has 20 heavy (non-hydrogen) atoms. The molecule has 0 spiro atoms. The maximum absolute atomic E-state index is 11.9. The lowest BCUT2D eigenvalue weighted by Gasteiger charge is -2.13. The van der Waals surface area contributed by atoms with E-state index >= 15 is 0 Å². The van der Waals surface area contributed by atoms with Gasteiger partial charge in [0.25, 0.3) is 0 Å². The van der Waals surface area contributed by atoms with Crippen molar-refractivity contribution in [2.24, 2.45) is 0 Å². The summed E-state index contributed by atoms with van der Waals surface area (Å²) in [5.74, 6) is 0. The van der Waals surface area contributed by atoms with Crippen LogP contribution in [0.2, 0.25) is 0 Å². The zero-order chi connectivity index (χ0) is 14.8. The van der Waals surface area contributed by atoms with Gasteiger partial charge in [-0.3, -0.25) is 0 Å². The summed E-state index contributed by atoms with van der Waals surface area (Å²) < 4.78 is 40.9. The van der Waals surface area contributed by atoms with Crippen molar-refractivity contribution in [1.82, 2.24) is 5.32 Å². The molecule has 0 amide bonds. The Morgan fingerprint density at radius 2 is 1.90 bits per heavy atom. The smallest absolute Gasteiger partial charge is 0.389 e. The Kier molecular flexibility index (Phi) is 7.58. The number of hydrogen-bond acceptors (Lipinski definition) is 3. The van der Waals surface area contributed by atoms with E-state index in [9.17, 15) is 18.3 Å². The molecule has 0 heterocycles. The largest absolute Gasteiger partial charge is 0.389 e. The average Bonchev–Trinajstić information content (AvgIpc) is 2.38. The van der Waals surface area contributed by atoms with Crippen LogP contribution in [0.5, 0.6) is 0 Å². The second-order valence-corrected chi connectivity index (χ2v) is 4.58. The standard InChI is InChI=1S/C14H20F3NO2/c15-14(16,17)7-4-8-18-9-13(19)11-20-10-12-5-2-1-3-6-12/h1-3,5-6,13,18-19H,4,7-11H2. The molecule has 0 aliphatic rings. The average molecular weight is 291 g/mol. The van der Waals surface area contributed by atoms with E-state index in [1.165, 1.54) is 0 Å². The van der Waals surface area contributed by atoms with Crippen LogP contribution in [0.4, 0.5) is 13.2 Å². The number of benzene rings is 1. The fourth-order valence-electron chi connectivity index (χ4n) is 1.63. The van der Waals surface area contributed by atoms with Gasteiger partial charge in [-0.15, -0.1) is 0 Å². The van der Waals surface area contributed by atoms with Gasteiger partial charge in [0.1, 0.15) is 0 Å². The summed E-state index contributed by atoms with van der Waals surface area (Å²) in [6.07, 6.45) is -5.62. The van der Waals surface area contributed by atoms with Crippen LogP contribution in [0.1, 0.15) is 18.4 Å². The third-order valence-corrected chi connectivity index (χ3v) is 2.62. The summed E-state index contributed by atoms with van der Waals surface area (Å²) in [6.45, 7) is 1.02. The van der Waals surface area contributed by atoms with Crippen molar-refractivity contribution in [3.8, 4) is 0 Å². The van der Waals surface area contributed by atoms with E-state index < -0.39 is 18.7 Å². The molecule has 0 bridgehead atoms. The quantitative estimate of drug-likeness (QED) is 0.687. The molecule has 0 aliphatic heterocycles. The lowest BCUT2D eigenvalue weighted by atomic mass is 10.2. The van der Waals surface area contributed by atoms with Crippen molar-refractivity contribution >= 4 is 0 Å². The zero-order valence-corrected chi connectivity index (χ0v) is 11.2. The van der Waals surface area contributed by atoms with Crippen molar-refractivity contribution in [3.63, 3.8) is 0 Å². The van der Waals surface area contributed by atoms with E-state index in [1.807, 2.05) is 30.3 Å². The van der Waals surface area contributed by atoms with Crippen LogP contribution in [-0.4, -0.2) is 37.1 Å². The van der Waals surface area contributed by atoms with Gasteiger partial charge >= 0.3 is 6.18 Å². The van der Waals surface area contributed by atoms with Gasteiger partial charge in [0, 0.05) is 13.0 Å². The molecule has 1 aromatic rings. The topological polar surface area (TPSA) is 41.5 Å². The third kappa shape index (κ3) is 8.90. The molecule has 0 aliphatic carbocycles. The van der Waals surface area contributed by atoms with Gasteiger partial charge < -0.3 is 15.2 Å². The van der Waals surface area contributed by atoms with Crippen molar-refractivity contribution in [2.75, 3.05) is 19.7 Å². The molecular weight excluding hydrogens is 271 g/mol. The maximum Gasteiger partial charge on any atom is 0.389 e. The molecular formula is C14H20F3NO2. The van der Waals surface area contributed by atoms with Gasteiger partial charge in [0.2, 0.25) is 0 Å². The number of aliphatic hydroxyl groups is 1. The number of rotatable bonds is 9. The predicted molar refractivity (Wildman–Crippen MR) is 70.3 cm³/mol. The van der Waals surface area contributed by atoms with Crippen molar-refractivity contribution in [2.45, 2.75) is 31.7 Å². The van der Waals surface area contributed by atoms with Crippen molar-refractivity contribution in [1.29, 1.82) is 0 Å². The van der Waals surface area contributed by atoms with Crippen LogP contribution in [0.15, 0.2) is 30.3 Å². The summed E-state index contributed by atoms with van der Waals surface area (Å²) in [5, 5.41) is 12.4. The summed E-state index contributed by atoms with van der Waals surface area (Å²) in [6, 6.07) is 9.54. The Hall–Kier alpha value is -1.11. The Balaban J connectivity index is 1.99. The summed E-state index contributed by atoms with van der Waals surface area (Å²) in [7, 11) is 0. The molecule has 0 radical (unpaired) electrons. The van der Waals surface area contributed by atoms with Crippen LogP contribution in [0.25, 0.3) is 0 Å². The van der Waals surface area contributed by atoms with Gasteiger partial charge in [-0.25, -0.2) is 0 Å². The van der Waals surface area contributed by atoms with Crippen LogP contribution in [0.3, 0.4) is 0 Å². The zero-order valence-electron chi connectivity index (χ0n) is 11.2. The van der Waals surface area contributed by atoms with Crippen LogP contribution < -0.4 is 5.32 Å². The van der Waals surface area contributed by atoms with Gasteiger partial charge in [-0.2, -0.15) is 13.2 Å². The Bertz CT molecular complexity index is 357. The first kappa shape index (κ1) is 16.9. The number of ether oxygens (including phenoxy) is 1. The molecule has 0 saturated heterocycles. The lowest BCUT2D eigenvalue weighted by molar-refractivity contribution is -0.135. The van der Waals surface area contributed by atoms with E-state index in [0.29, 0.717) is 6.61 Å².